The maximum absolute atomic E-state index is 8.76. The Labute approximate surface area is 118 Å². The van der Waals surface area contributed by atoms with Crippen molar-refractivity contribution in [1.82, 2.24) is 9.88 Å². The molecule has 0 unspecified atom stereocenters. The zero-order valence-corrected chi connectivity index (χ0v) is 12.4. The lowest BCUT2D eigenvalue weighted by molar-refractivity contribution is 0.213. The average molecular weight is 282 g/mol. The van der Waals surface area contributed by atoms with Crippen molar-refractivity contribution in [2.45, 2.75) is 52.1 Å². The fraction of sp³-hybridized carbons (Fsp3) is 0.692. The van der Waals surface area contributed by atoms with Crippen molar-refractivity contribution >= 4 is 17.2 Å². The highest BCUT2D eigenvalue weighted by Gasteiger charge is 2.24. The Morgan fingerprint density at radius 3 is 2.68 bits per heavy atom. The van der Waals surface area contributed by atoms with Crippen LogP contribution in [0.1, 0.15) is 41.3 Å². The van der Waals surface area contributed by atoms with Crippen molar-refractivity contribution in [3.8, 4) is 0 Å². The summed E-state index contributed by atoms with van der Waals surface area (Å²) in [5.41, 5.74) is 6.78. The van der Waals surface area contributed by atoms with Crippen molar-refractivity contribution in [3.05, 3.63) is 15.6 Å². The first-order valence-electron chi connectivity index (χ1n) is 6.73. The number of amidine groups is 1. The van der Waals surface area contributed by atoms with E-state index in [-0.39, 0.29) is 5.84 Å². The Morgan fingerprint density at radius 1 is 1.47 bits per heavy atom. The molecule has 0 saturated heterocycles. The Balaban J connectivity index is 2.08. The summed E-state index contributed by atoms with van der Waals surface area (Å²) in [7, 11) is 0. The molecular formula is C13H22N4OS. The van der Waals surface area contributed by atoms with Crippen LogP contribution in [0.2, 0.25) is 0 Å². The number of thiazole rings is 1. The van der Waals surface area contributed by atoms with Gasteiger partial charge in [0.1, 0.15) is 5.01 Å². The van der Waals surface area contributed by atoms with Gasteiger partial charge in [0.2, 0.25) is 0 Å². The van der Waals surface area contributed by atoms with Crippen molar-refractivity contribution in [2.75, 3.05) is 6.54 Å². The van der Waals surface area contributed by atoms with Crippen LogP contribution in [0.3, 0.4) is 0 Å². The largest absolute Gasteiger partial charge is 0.409 e. The molecular weight excluding hydrogens is 260 g/mol. The molecule has 106 valence electrons. The molecule has 0 amide bonds. The zero-order chi connectivity index (χ0) is 13.8. The predicted molar refractivity (Wildman–Crippen MR) is 77.7 cm³/mol. The summed E-state index contributed by atoms with van der Waals surface area (Å²) in [6, 6.07) is 0.532. The number of rotatable bonds is 5. The number of oxime groups is 1. The van der Waals surface area contributed by atoms with Gasteiger partial charge in [-0.2, -0.15) is 0 Å². The molecule has 1 fully saturated rings. The molecule has 1 aliphatic rings. The molecule has 0 atom stereocenters. The Hall–Kier alpha value is -1.14. The molecule has 3 N–H and O–H groups in total. The fourth-order valence-electron chi connectivity index (χ4n) is 2.60. The monoisotopic (exact) mass is 282 g/mol. The Bertz CT molecular complexity index is 432. The van der Waals surface area contributed by atoms with E-state index in [0.717, 1.165) is 17.2 Å². The van der Waals surface area contributed by atoms with Crippen LogP contribution in [0.4, 0.5) is 0 Å². The molecule has 2 rings (SSSR count). The number of aryl methyl sites for hydroxylation is 2. The second kappa shape index (κ2) is 6.34. The summed E-state index contributed by atoms with van der Waals surface area (Å²) >= 11 is 1.74. The summed E-state index contributed by atoms with van der Waals surface area (Å²) in [6.07, 6.45) is 4.94. The number of nitrogens with two attached hydrogens (primary N) is 1. The standard InChI is InChI=1S/C13H22N4OS/c1-9-10(2)19-13(15-9)8-17(7-12(14)16-18)11-5-3-4-6-11/h11,18H,3-8H2,1-2H3,(H2,14,16). The molecule has 5 nitrogen and oxygen atoms in total. The minimum atomic E-state index is 0.275. The van der Waals surface area contributed by atoms with E-state index < -0.39 is 0 Å². The number of hydrogen-bond acceptors (Lipinski definition) is 5. The second-order valence-corrected chi connectivity index (χ2v) is 6.47. The van der Waals surface area contributed by atoms with Crippen molar-refractivity contribution in [2.24, 2.45) is 10.9 Å². The van der Waals surface area contributed by atoms with Crippen LogP contribution in [0.15, 0.2) is 5.16 Å². The normalized spacial score (nSPS) is 17.5. The van der Waals surface area contributed by atoms with Crippen molar-refractivity contribution < 1.29 is 5.21 Å². The molecule has 19 heavy (non-hydrogen) atoms. The topological polar surface area (TPSA) is 74.7 Å². The van der Waals surface area contributed by atoms with E-state index in [1.54, 1.807) is 11.3 Å². The van der Waals surface area contributed by atoms with E-state index in [1.165, 1.54) is 30.6 Å². The molecule has 0 aliphatic heterocycles. The predicted octanol–water partition coefficient (Wildman–Crippen LogP) is 2.25. The fourth-order valence-corrected chi connectivity index (χ4v) is 3.56. The van der Waals surface area contributed by atoms with Gasteiger partial charge in [0.15, 0.2) is 5.84 Å². The molecule has 1 heterocycles. The Kier molecular flexibility index (Phi) is 4.76. The first kappa shape index (κ1) is 14.3. The van der Waals surface area contributed by atoms with Crippen LogP contribution in [-0.2, 0) is 6.54 Å². The number of hydrogen-bond donors (Lipinski definition) is 2. The van der Waals surface area contributed by atoms with E-state index in [9.17, 15) is 0 Å². The van der Waals surface area contributed by atoms with Crippen LogP contribution >= 0.6 is 11.3 Å². The maximum atomic E-state index is 8.76. The summed E-state index contributed by atoms with van der Waals surface area (Å²) in [5.74, 6) is 0.275. The highest BCUT2D eigenvalue weighted by Crippen LogP contribution is 2.26. The molecule has 1 aliphatic carbocycles. The van der Waals surface area contributed by atoms with Crippen LogP contribution in [0.5, 0.6) is 0 Å². The number of aromatic nitrogens is 1. The highest BCUT2D eigenvalue weighted by molar-refractivity contribution is 7.11. The minimum Gasteiger partial charge on any atom is -0.409 e. The van der Waals surface area contributed by atoms with Gasteiger partial charge in [-0.25, -0.2) is 4.98 Å². The molecule has 6 heteroatoms. The third-order valence-electron chi connectivity index (χ3n) is 3.75. The lowest BCUT2D eigenvalue weighted by Gasteiger charge is -2.27. The first-order valence-corrected chi connectivity index (χ1v) is 7.55. The lowest BCUT2D eigenvalue weighted by atomic mass is 10.2. The van der Waals surface area contributed by atoms with Crippen LogP contribution in [0, 0.1) is 13.8 Å². The highest BCUT2D eigenvalue weighted by atomic mass is 32.1. The summed E-state index contributed by atoms with van der Waals surface area (Å²) in [6.45, 7) is 5.44. The van der Waals surface area contributed by atoms with Gasteiger partial charge in [0, 0.05) is 10.9 Å². The van der Waals surface area contributed by atoms with E-state index in [2.05, 4.69) is 22.0 Å². The van der Waals surface area contributed by atoms with Gasteiger partial charge < -0.3 is 10.9 Å². The van der Waals surface area contributed by atoms with Crippen molar-refractivity contribution in [3.63, 3.8) is 0 Å². The van der Waals surface area contributed by atoms with Gasteiger partial charge in [0.25, 0.3) is 0 Å². The molecule has 0 radical (unpaired) electrons. The molecule has 0 bridgehead atoms. The quantitative estimate of drug-likeness (QED) is 0.376. The van der Waals surface area contributed by atoms with Gasteiger partial charge in [0.05, 0.1) is 18.8 Å². The minimum absolute atomic E-state index is 0.275. The molecule has 1 saturated carbocycles. The molecule has 1 aromatic rings. The van der Waals surface area contributed by atoms with E-state index >= 15 is 0 Å². The number of nitrogens with zero attached hydrogens (tertiary/aromatic N) is 3. The van der Waals surface area contributed by atoms with E-state index in [0.29, 0.717) is 12.6 Å². The van der Waals surface area contributed by atoms with Gasteiger partial charge in [-0.1, -0.05) is 18.0 Å². The third kappa shape index (κ3) is 3.67. The van der Waals surface area contributed by atoms with Gasteiger partial charge in [-0.3, -0.25) is 4.90 Å². The van der Waals surface area contributed by atoms with Gasteiger partial charge >= 0.3 is 0 Å². The summed E-state index contributed by atoms with van der Waals surface area (Å²) in [5, 5.41) is 13.0. The van der Waals surface area contributed by atoms with E-state index in [1.807, 2.05) is 6.92 Å². The molecule has 1 aromatic heterocycles. The SMILES string of the molecule is Cc1nc(CN(CC(N)=NO)C2CCCC2)sc1C. The second-order valence-electron chi connectivity index (χ2n) is 5.18. The lowest BCUT2D eigenvalue weighted by Crippen LogP contribution is -2.39. The average Bonchev–Trinajstić information content (AvgIpc) is 2.99. The van der Waals surface area contributed by atoms with Gasteiger partial charge in [-0.05, 0) is 26.7 Å². The van der Waals surface area contributed by atoms with Crippen LogP contribution in [0.25, 0.3) is 0 Å². The molecule has 0 spiro atoms. The Morgan fingerprint density at radius 2 is 2.16 bits per heavy atom. The third-order valence-corrected chi connectivity index (χ3v) is 4.80. The van der Waals surface area contributed by atoms with Crippen molar-refractivity contribution in [1.29, 1.82) is 0 Å². The van der Waals surface area contributed by atoms with Crippen LogP contribution in [-0.4, -0.2) is 33.5 Å². The van der Waals surface area contributed by atoms with Gasteiger partial charge in [-0.15, -0.1) is 11.3 Å². The summed E-state index contributed by atoms with van der Waals surface area (Å²) in [4.78, 5) is 8.15. The smallest absolute Gasteiger partial charge is 0.153 e. The first-order chi connectivity index (χ1) is 9.10. The maximum Gasteiger partial charge on any atom is 0.153 e. The molecule has 0 aromatic carbocycles. The zero-order valence-electron chi connectivity index (χ0n) is 11.6. The van der Waals surface area contributed by atoms with Crippen LogP contribution < -0.4 is 5.73 Å². The summed E-state index contributed by atoms with van der Waals surface area (Å²) < 4.78 is 0. The van der Waals surface area contributed by atoms with E-state index in [4.69, 9.17) is 10.9 Å².